The molecule has 1 aliphatic carbocycles. The molecule has 24 heavy (non-hydrogen) atoms. The highest BCUT2D eigenvalue weighted by molar-refractivity contribution is 5.43. The lowest BCUT2D eigenvalue weighted by molar-refractivity contribution is 0.337. The van der Waals surface area contributed by atoms with Crippen LogP contribution in [0.5, 0.6) is 5.75 Å². The Bertz CT molecular complexity index is 700. The molecule has 1 unspecified atom stereocenters. The van der Waals surface area contributed by atoms with E-state index in [2.05, 4.69) is 44.5 Å². The molecule has 0 saturated heterocycles. The first-order valence-electron chi connectivity index (χ1n) is 9.23. The van der Waals surface area contributed by atoms with E-state index >= 15 is 0 Å². The lowest BCUT2D eigenvalue weighted by Gasteiger charge is -2.26. The van der Waals surface area contributed by atoms with Gasteiger partial charge in [-0.1, -0.05) is 33.8 Å². The molecule has 3 heteroatoms. The van der Waals surface area contributed by atoms with Crippen molar-refractivity contribution in [1.29, 1.82) is 0 Å². The molecule has 1 heterocycles. The Labute approximate surface area is 146 Å². The van der Waals surface area contributed by atoms with Crippen LogP contribution < -0.4 is 4.74 Å². The van der Waals surface area contributed by atoms with Gasteiger partial charge < -0.3 is 4.74 Å². The molecule has 3 nitrogen and oxygen atoms in total. The smallest absolute Gasteiger partial charge is 0.121 e. The lowest BCUT2D eigenvalue weighted by Crippen LogP contribution is -2.21. The van der Waals surface area contributed by atoms with E-state index < -0.39 is 0 Å². The predicted molar refractivity (Wildman–Crippen MR) is 99.0 cm³/mol. The fourth-order valence-electron chi connectivity index (χ4n) is 3.79. The predicted octanol–water partition coefficient (Wildman–Crippen LogP) is 4.84. The van der Waals surface area contributed by atoms with Crippen LogP contribution in [0.1, 0.15) is 51.1 Å². The molecule has 1 aromatic heterocycles. The Morgan fingerprint density at radius 2 is 2.04 bits per heavy atom. The van der Waals surface area contributed by atoms with Crippen LogP contribution in [0.2, 0.25) is 0 Å². The molecule has 0 aliphatic heterocycles. The number of rotatable bonds is 5. The summed E-state index contributed by atoms with van der Waals surface area (Å²) >= 11 is 0. The van der Waals surface area contributed by atoms with E-state index in [1.54, 1.807) is 7.11 Å². The Morgan fingerprint density at radius 3 is 2.71 bits per heavy atom. The minimum Gasteiger partial charge on any atom is -0.497 e. The maximum absolute atomic E-state index is 5.41. The number of hydrogen-bond donors (Lipinski definition) is 0. The first-order valence-corrected chi connectivity index (χ1v) is 9.23. The van der Waals surface area contributed by atoms with Crippen molar-refractivity contribution < 1.29 is 4.74 Å². The highest BCUT2D eigenvalue weighted by Gasteiger charge is 2.28. The van der Waals surface area contributed by atoms with E-state index in [1.807, 2.05) is 12.1 Å². The van der Waals surface area contributed by atoms with Crippen molar-refractivity contribution >= 4 is 0 Å². The van der Waals surface area contributed by atoms with Gasteiger partial charge in [0.15, 0.2) is 0 Å². The number of aromatic nitrogens is 2. The second kappa shape index (κ2) is 7.00. The van der Waals surface area contributed by atoms with Gasteiger partial charge in [-0.15, -0.1) is 0 Å². The second-order valence-electron chi connectivity index (χ2n) is 7.83. The number of ether oxygens (including phenoxy) is 1. The Morgan fingerprint density at radius 1 is 1.25 bits per heavy atom. The number of hydrogen-bond acceptors (Lipinski definition) is 2. The molecular formula is C21H30N2O. The Balaban J connectivity index is 2.06. The summed E-state index contributed by atoms with van der Waals surface area (Å²) in [6.45, 7) is 9.24. The monoisotopic (exact) mass is 326 g/mol. The molecule has 0 N–H and O–H groups in total. The molecule has 0 spiro atoms. The van der Waals surface area contributed by atoms with E-state index in [0.717, 1.165) is 36.1 Å². The van der Waals surface area contributed by atoms with Crippen molar-refractivity contribution in [1.82, 2.24) is 9.78 Å². The number of benzene rings is 1. The zero-order valence-electron chi connectivity index (χ0n) is 15.7. The molecular weight excluding hydrogens is 296 g/mol. The summed E-state index contributed by atoms with van der Waals surface area (Å²) in [6.07, 6.45) is 4.66. The topological polar surface area (TPSA) is 27.1 Å². The van der Waals surface area contributed by atoms with Gasteiger partial charge in [0.05, 0.1) is 18.5 Å². The van der Waals surface area contributed by atoms with Crippen molar-refractivity contribution in [2.45, 2.75) is 53.4 Å². The molecule has 1 atom stereocenters. The van der Waals surface area contributed by atoms with E-state index in [0.29, 0.717) is 5.92 Å². The Kier molecular flexibility index (Phi) is 4.98. The summed E-state index contributed by atoms with van der Waals surface area (Å²) in [5.41, 5.74) is 5.34. The third kappa shape index (κ3) is 3.35. The maximum Gasteiger partial charge on any atom is 0.121 e. The van der Waals surface area contributed by atoms with Crippen LogP contribution in [0, 0.1) is 17.8 Å². The molecule has 1 aromatic carbocycles. The minimum atomic E-state index is 0.630. The van der Waals surface area contributed by atoms with Crippen LogP contribution >= 0.6 is 0 Å². The van der Waals surface area contributed by atoms with Crippen LogP contribution in [0.3, 0.4) is 0 Å². The third-order valence-electron chi connectivity index (χ3n) is 5.24. The maximum atomic E-state index is 5.41. The van der Waals surface area contributed by atoms with Gasteiger partial charge in [0.2, 0.25) is 0 Å². The minimum absolute atomic E-state index is 0.630. The van der Waals surface area contributed by atoms with Crippen LogP contribution in [0.15, 0.2) is 24.3 Å². The number of nitrogens with zero attached hydrogens (tertiary/aromatic N) is 2. The van der Waals surface area contributed by atoms with Gasteiger partial charge in [-0.2, -0.15) is 5.10 Å². The molecule has 1 aliphatic rings. The molecule has 0 saturated carbocycles. The van der Waals surface area contributed by atoms with Crippen LogP contribution in [0.4, 0.5) is 0 Å². The van der Waals surface area contributed by atoms with Gasteiger partial charge in [0.25, 0.3) is 0 Å². The van der Waals surface area contributed by atoms with E-state index in [4.69, 9.17) is 9.84 Å². The first-order chi connectivity index (χ1) is 11.5. The van der Waals surface area contributed by atoms with Gasteiger partial charge in [-0.05, 0) is 61.1 Å². The summed E-state index contributed by atoms with van der Waals surface area (Å²) in [5.74, 6) is 3.00. The quantitative estimate of drug-likeness (QED) is 0.786. The standard InChI is InChI=1S/C21H30N2O/c1-14(2)11-20-19-10-9-16(15(3)4)12-21(19)23(22-20)17-7-6-8-18(13-17)24-5/h6-8,13-16H,9-12H2,1-5H3. The van der Waals surface area contributed by atoms with Crippen molar-refractivity contribution in [2.24, 2.45) is 17.8 Å². The fourth-order valence-corrected chi connectivity index (χ4v) is 3.79. The SMILES string of the molecule is COc1cccc(-n2nc(CC(C)C)c3c2CC(C(C)C)CC3)c1. The molecule has 0 amide bonds. The molecule has 130 valence electrons. The summed E-state index contributed by atoms with van der Waals surface area (Å²) in [6, 6.07) is 8.26. The number of fused-ring (bicyclic) bond motifs is 1. The highest BCUT2D eigenvalue weighted by Crippen LogP contribution is 2.34. The summed E-state index contributed by atoms with van der Waals surface area (Å²) < 4.78 is 7.59. The summed E-state index contributed by atoms with van der Waals surface area (Å²) in [5, 5.41) is 5.03. The van der Waals surface area contributed by atoms with Gasteiger partial charge in [-0.25, -0.2) is 4.68 Å². The number of methoxy groups -OCH3 is 1. The van der Waals surface area contributed by atoms with Crippen molar-refractivity contribution in [3.05, 3.63) is 41.2 Å². The van der Waals surface area contributed by atoms with Crippen LogP contribution in [-0.2, 0) is 19.3 Å². The Hall–Kier alpha value is -1.77. The summed E-state index contributed by atoms with van der Waals surface area (Å²) in [7, 11) is 1.72. The van der Waals surface area contributed by atoms with E-state index in [1.165, 1.54) is 29.8 Å². The molecule has 2 aromatic rings. The molecule has 0 fully saturated rings. The lowest BCUT2D eigenvalue weighted by atomic mass is 9.80. The van der Waals surface area contributed by atoms with Gasteiger partial charge >= 0.3 is 0 Å². The highest BCUT2D eigenvalue weighted by atomic mass is 16.5. The normalized spacial score (nSPS) is 17.4. The van der Waals surface area contributed by atoms with E-state index in [9.17, 15) is 0 Å². The average molecular weight is 326 g/mol. The largest absolute Gasteiger partial charge is 0.497 e. The average Bonchev–Trinajstić information content (AvgIpc) is 2.92. The van der Waals surface area contributed by atoms with Crippen LogP contribution in [-0.4, -0.2) is 16.9 Å². The van der Waals surface area contributed by atoms with Gasteiger partial charge in [0, 0.05) is 11.8 Å². The molecule has 3 rings (SSSR count). The van der Waals surface area contributed by atoms with Crippen molar-refractivity contribution in [3.63, 3.8) is 0 Å². The van der Waals surface area contributed by atoms with Gasteiger partial charge in [0.1, 0.15) is 5.75 Å². The second-order valence-corrected chi connectivity index (χ2v) is 7.83. The zero-order valence-corrected chi connectivity index (χ0v) is 15.7. The molecule has 0 radical (unpaired) electrons. The van der Waals surface area contributed by atoms with Crippen molar-refractivity contribution in [2.75, 3.05) is 7.11 Å². The first kappa shape index (κ1) is 17.1. The van der Waals surface area contributed by atoms with E-state index in [-0.39, 0.29) is 0 Å². The molecule has 0 bridgehead atoms. The third-order valence-corrected chi connectivity index (χ3v) is 5.24. The fraction of sp³-hybridized carbons (Fsp3) is 0.571. The van der Waals surface area contributed by atoms with Crippen LogP contribution in [0.25, 0.3) is 5.69 Å². The van der Waals surface area contributed by atoms with Crippen molar-refractivity contribution in [3.8, 4) is 11.4 Å². The zero-order chi connectivity index (χ0) is 17.3. The summed E-state index contributed by atoms with van der Waals surface area (Å²) in [4.78, 5) is 0. The van der Waals surface area contributed by atoms with Gasteiger partial charge in [-0.3, -0.25) is 0 Å².